The minimum absolute atomic E-state index is 0.0610. The van der Waals surface area contributed by atoms with E-state index in [2.05, 4.69) is 12.2 Å². The molecule has 2 rings (SSSR count). The van der Waals surface area contributed by atoms with Crippen molar-refractivity contribution in [3.8, 4) is 0 Å². The highest BCUT2D eigenvalue weighted by molar-refractivity contribution is 7.89. The smallest absolute Gasteiger partial charge is 0.245 e. The monoisotopic (exact) mass is 442 g/mol. The number of amides is 1. The first-order valence-corrected chi connectivity index (χ1v) is 11.3. The number of carbonyl (C=O) groups excluding carboxylic acids is 1. The maximum atomic E-state index is 12.9. The number of sulfonamides is 1. The van der Waals surface area contributed by atoms with Crippen LogP contribution in [0.5, 0.6) is 0 Å². The zero-order chi connectivity index (χ0) is 20.7. The van der Waals surface area contributed by atoms with E-state index in [9.17, 15) is 13.2 Å². The first-order chi connectivity index (χ1) is 13.3. The molecule has 0 aliphatic heterocycles. The topological polar surface area (TPSA) is 66.5 Å². The lowest BCUT2D eigenvalue weighted by atomic mass is 10.1. The summed E-state index contributed by atoms with van der Waals surface area (Å²) in [4.78, 5) is 12.3. The molecule has 1 amide bonds. The second-order valence-electron chi connectivity index (χ2n) is 6.35. The van der Waals surface area contributed by atoms with Crippen LogP contribution < -0.4 is 5.32 Å². The molecule has 0 spiro atoms. The molecule has 0 unspecified atom stereocenters. The van der Waals surface area contributed by atoms with Gasteiger partial charge >= 0.3 is 0 Å². The SMILES string of the molecule is CCCCc1ccc(NC(=O)CN(CC)S(=O)(=O)c2cc(Cl)ccc2Cl)cc1. The van der Waals surface area contributed by atoms with Crippen LogP contribution in [-0.4, -0.2) is 31.7 Å². The third-order valence-corrected chi connectivity index (χ3v) is 6.88. The first-order valence-electron chi connectivity index (χ1n) is 9.12. The van der Waals surface area contributed by atoms with Crippen LogP contribution in [0.15, 0.2) is 47.4 Å². The Bertz CT molecular complexity index is 916. The molecule has 0 radical (unpaired) electrons. The predicted octanol–water partition coefficient (Wildman–Crippen LogP) is 4.99. The third-order valence-electron chi connectivity index (χ3n) is 4.24. The van der Waals surface area contributed by atoms with E-state index in [-0.39, 0.29) is 28.0 Å². The molecular weight excluding hydrogens is 419 g/mol. The van der Waals surface area contributed by atoms with Crippen LogP contribution in [0, 0.1) is 0 Å². The number of benzene rings is 2. The van der Waals surface area contributed by atoms with Crippen LogP contribution in [0.25, 0.3) is 0 Å². The Balaban J connectivity index is 2.09. The summed E-state index contributed by atoms with van der Waals surface area (Å²) >= 11 is 11.9. The fourth-order valence-corrected chi connectivity index (χ4v) is 4.82. The molecule has 2 aromatic carbocycles. The molecular formula is C20H24Cl2N2O3S. The summed E-state index contributed by atoms with van der Waals surface area (Å²) < 4.78 is 26.8. The molecule has 0 fully saturated rings. The molecule has 0 atom stereocenters. The minimum atomic E-state index is -3.95. The van der Waals surface area contributed by atoms with Crippen molar-refractivity contribution in [3.63, 3.8) is 0 Å². The molecule has 0 aliphatic rings. The van der Waals surface area contributed by atoms with E-state index in [0.29, 0.717) is 5.69 Å². The summed E-state index contributed by atoms with van der Waals surface area (Å²) in [5, 5.41) is 3.05. The molecule has 0 saturated carbocycles. The van der Waals surface area contributed by atoms with Crippen molar-refractivity contribution >= 4 is 44.8 Å². The van der Waals surface area contributed by atoms with Gasteiger partial charge < -0.3 is 5.32 Å². The maximum absolute atomic E-state index is 12.9. The van der Waals surface area contributed by atoms with Crippen molar-refractivity contribution in [3.05, 3.63) is 58.1 Å². The normalized spacial score (nSPS) is 11.6. The van der Waals surface area contributed by atoms with Gasteiger partial charge in [0.05, 0.1) is 11.6 Å². The molecule has 1 N–H and O–H groups in total. The van der Waals surface area contributed by atoms with E-state index in [1.54, 1.807) is 6.92 Å². The Morgan fingerprint density at radius 1 is 1.07 bits per heavy atom. The minimum Gasteiger partial charge on any atom is -0.325 e. The number of anilines is 1. The molecule has 0 aliphatic carbocycles. The number of hydrogen-bond acceptors (Lipinski definition) is 3. The van der Waals surface area contributed by atoms with E-state index in [0.717, 1.165) is 23.6 Å². The fourth-order valence-electron chi connectivity index (χ4n) is 2.68. The first kappa shape index (κ1) is 22.7. The Morgan fingerprint density at radius 3 is 2.36 bits per heavy atom. The average molecular weight is 443 g/mol. The number of carbonyl (C=O) groups is 1. The molecule has 28 heavy (non-hydrogen) atoms. The fraction of sp³-hybridized carbons (Fsp3) is 0.350. The van der Waals surface area contributed by atoms with Gasteiger partial charge in [0.1, 0.15) is 4.90 Å². The zero-order valence-electron chi connectivity index (χ0n) is 15.9. The number of rotatable bonds is 9. The van der Waals surface area contributed by atoms with Crippen LogP contribution in [0.1, 0.15) is 32.3 Å². The Kier molecular flexibility index (Phi) is 8.31. The van der Waals surface area contributed by atoms with Gasteiger partial charge in [-0.3, -0.25) is 4.79 Å². The summed E-state index contributed by atoms with van der Waals surface area (Å²) in [6, 6.07) is 11.8. The quantitative estimate of drug-likeness (QED) is 0.594. The molecule has 0 saturated heterocycles. The van der Waals surface area contributed by atoms with Crippen LogP contribution in [0.4, 0.5) is 5.69 Å². The highest BCUT2D eigenvalue weighted by atomic mass is 35.5. The van der Waals surface area contributed by atoms with Crippen molar-refractivity contribution in [1.29, 1.82) is 0 Å². The van der Waals surface area contributed by atoms with Gasteiger partial charge in [-0.1, -0.05) is 55.6 Å². The van der Waals surface area contributed by atoms with E-state index in [4.69, 9.17) is 23.2 Å². The number of hydrogen-bond donors (Lipinski definition) is 1. The zero-order valence-corrected chi connectivity index (χ0v) is 18.2. The lowest BCUT2D eigenvalue weighted by Gasteiger charge is -2.21. The van der Waals surface area contributed by atoms with Gasteiger partial charge in [0.25, 0.3) is 0 Å². The summed E-state index contributed by atoms with van der Waals surface area (Å²) in [6.07, 6.45) is 3.23. The molecule has 8 heteroatoms. The summed E-state index contributed by atoms with van der Waals surface area (Å²) in [6.45, 7) is 3.60. The summed E-state index contributed by atoms with van der Waals surface area (Å²) in [5.74, 6) is -0.426. The molecule has 152 valence electrons. The predicted molar refractivity (Wildman–Crippen MR) is 115 cm³/mol. The lowest BCUT2D eigenvalue weighted by molar-refractivity contribution is -0.116. The lowest BCUT2D eigenvalue weighted by Crippen LogP contribution is -2.38. The number of nitrogens with one attached hydrogen (secondary N) is 1. The standard InChI is InChI=1S/C20H24Cl2N2O3S/c1-3-5-6-15-7-10-17(11-8-15)23-20(25)14-24(4-2)28(26,27)19-13-16(21)9-12-18(19)22/h7-13H,3-6,14H2,1-2H3,(H,23,25). The summed E-state index contributed by atoms with van der Waals surface area (Å²) in [5.41, 5.74) is 1.83. The van der Waals surface area contributed by atoms with E-state index >= 15 is 0 Å². The highest BCUT2D eigenvalue weighted by Crippen LogP contribution is 2.27. The van der Waals surface area contributed by atoms with Gasteiger partial charge in [-0.2, -0.15) is 4.31 Å². The van der Waals surface area contributed by atoms with E-state index in [1.165, 1.54) is 23.8 Å². The number of likely N-dealkylation sites (N-methyl/N-ethyl adjacent to an activating group) is 1. The molecule has 5 nitrogen and oxygen atoms in total. The van der Waals surface area contributed by atoms with Crippen molar-refractivity contribution in [2.24, 2.45) is 0 Å². The number of unbranched alkanes of at least 4 members (excludes halogenated alkanes) is 1. The molecule has 0 heterocycles. The van der Waals surface area contributed by atoms with E-state index in [1.807, 2.05) is 24.3 Å². The van der Waals surface area contributed by atoms with Crippen LogP contribution in [0.3, 0.4) is 0 Å². The Morgan fingerprint density at radius 2 is 1.75 bits per heavy atom. The number of aryl methyl sites for hydroxylation is 1. The van der Waals surface area contributed by atoms with Gasteiger partial charge in [0.15, 0.2) is 0 Å². The number of nitrogens with zero attached hydrogens (tertiary/aromatic N) is 1. The van der Waals surface area contributed by atoms with Gasteiger partial charge in [0.2, 0.25) is 15.9 Å². The van der Waals surface area contributed by atoms with Gasteiger partial charge in [-0.15, -0.1) is 0 Å². The van der Waals surface area contributed by atoms with Crippen molar-refractivity contribution in [1.82, 2.24) is 4.31 Å². The molecule has 0 bridgehead atoms. The largest absolute Gasteiger partial charge is 0.325 e. The van der Waals surface area contributed by atoms with Gasteiger partial charge in [0, 0.05) is 17.3 Å². The molecule has 2 aromatic rings. The van der Waals surface area contributed by atoms with Gasteiger partial charge in [-0.05, 0) is 48.7 Å². The van der Waals surface area contributed by atoms with Crippen LogP contribution in [0.2, 0.25) is 10.0 Å². The Labute approximate surface area is 176 Å². The third kappa shape index (κ3) is 5.95. The summed E-state index contributed by atoms with van der Waals surface area (Å²) in [7, 11) is -3.95. The van der Waals surface area contributed by atoms with Gasteiger partial charge in [-0.25, -0.2) is 8.42 Å². The molecule has 0 aromatic heterocycles. The Hall–Kier alpha value is -1.60. The van der Waals surface area contributed by atoms with Crippen LogP contribution >= 0.6 is 23.2 Å². The second-order valence-corrected chi connectivity index (χ2v) is 9.10. The number of halogens is 2. The van der Waals surface area contributed by atoms with Crippen molar-refractivity contribution < 1.29 is 13.2 Å². The second kappa shape index (κ2) is 10.3. The van der Waals surface area contributed by atoms with E-state index < -0.39 is 15.9 Å². The average Bonchev–Trinajstić information content (AvgIpc) is 2.67. The maximum Gasteiger partial charge on any atom is 0.245 e. The van der Waals surface area contributed by atoms with Crippen molar-refractivity contribution in [2.45, 2.75) is 38.0 Å². The van der Waals surface area contributed by atoms with Crippen LogP contribution in [-0.2, 0) is 21.2 Å². The van der Waals surface area contributed by atoms with Crippen molar-refractivity contribution in [2.75, 3.05) is 18.4 Å². The highest BCUT2D eigenvalue weighted by Gasteiger charge is 2.27.